The Hall–Kier alpha value is -4.19. The Morgan fingerprint density at radius 3 is 2.26 bits per heavy atom. The van der Waals surface area contributed by atoms with Crippen molar-refractivity contribution >= 4 is 40.5 Å². The minimum Gasteiger partial charge on any atom is -0.359 e. The van der Waals surface area contributed by atoms with E-state index in [2.05, 4.69) is 26.1 Å². The Kier molecular flexibility index (Phi) is 7.53. The SMILES string of the molecule is CC(C)(C)c1cc(NC(=O)Nc2ccc(NC(=O)c3csc(Cc4cccc(C(F)(F)F)c4)n3)cc2)no1. The molecule has 0 saturated carbocycles. The zero-order valence-corrected chi connectivity index (χ0v) is 21.5. The van der Waals surface area contributed by atoms with E-state index in [1.807, 2.05) is 20.8 Å². The van der Waals surface area contributed by atoms with Gasteiger partial charge >= 0.3 is 12.2 Å². The minimum absolute atomic E-state index is 0.154. The molecule has 0 aliphatic heterocycles. The highest BCUT2D eigenvalue weighted by Gasteiger charge is 2.30. The van der Waals surface area contributed by atoms with Crippen LogP contribution in [0.15, 0.2) is 64.5 Å². The van der Waals surface area contributed by atoms with Crippen molar-refractivity contribution < 1.29 is 27.3 Å². The summed E-state index contributed by atoms with van der Waals surface area (Å²) in [6.07, 6.45) is -4.25. The predicted molar refractivity (Wildman–Crippen MR) is 139 cm³/mol. The second-order valence-electron chi connectivity index (χ2n) is 9.44. The van der Waals surface area contributed by atoms with E-state index in [1.165, 1.54) is 17.4 Å². The number of halogens is 3. The first-order chi connectivity index (χ1) is 17.9. The van der Waals surface area contributed by atoms with E-state index in [0.717, 1.165) is 12.1 Å². The monoisotopic (exact) mass is 543 g/mol. The number of alkyl halides is 3. The van der Waals surface area contributed by atoms with E-state index in [1.54, 1.807) is 41.8 Å². The molecule has 0 aliphatic carbocycles. The number of benzene rings is 2. The highest BCUT2D eigenvalue weighted by molar-refractivity contribution is 7.09. The smallest absolute Gasteiger partial charge is 0.359 e. The summed E-state index contributed by atoms with van der Waals surface area (Å²) in [5, 5.41) is 13.9. The average molecular weight is 544 g/mol. The molecular weight excluding hydrogens is 519 g/mol. The zero-order valence-electron chi connectivity index (χ0n) is 20.6. The van der Waals surface area contributed by atoms with Crippen LogP contribution in [0.5, 0.6) is 0 Å². The molecule has 4 rings (SSSR count). The molecule has 0 bridgehead atoms. The predicted octanol–water partition coefficient (Wildman–Crippen LogP) is 6.93. The molecule has 4 aromatic rings. The molecule has 0 saturated heterocycles. The van der Waals surface area contributed by atoms with E-state index in [4.69, 9.17) is 4.52 Å². The lowest BCUT2D eigenvalue weighted by Gasteiger charge is -2.12. The Labute approximate surface area is 220 Å². The summed E-state index contributed by atoms with van der Waals surface area (Å²) in [7, 11) is 0. The van der Waals surface area contributed by atoms with Gasteiger partial charge in [0.2, 0.25) is 0 Å². The van der Waals surface area contributed by atoms with Crippen LogP contribution in [0.3, 0.4) is 0 Å². The summed E-state index contributed by atoms with van der Waals surface area (Å²) < 4.78 is 44.1. The lowest BCUT2D eigenvalue weighted by Crippen LogP contribution is -2.19. The number of urea groups is 1. The van der Waals surface area contributed by atoms with Gasteiger partial charge in [0.1, 0.15) is 11.5 Å². The van der Waals surface area contributed by atoms with Crippen molar-refractivity contribution in [3.8, 4) is 0 Å². The Bertz CT molecular complexity index is 1440. The number of rotatable bonds is 6. The molecule has 0 unspecified atom stereocenters. The molecule has 3 amide bonds. The Morgan fingerprint density at radius 1 is 0.947 bits per heavy atom. The molecule has 38 heavy (non-hydrogen) atoms. The van der Waals surface area contributed by atoms with E-state index >= 15 is 0 Å². The molecule has 3 N–H and O–H groups in total. The van der Waals surface area contributed by atoms with Gasteiger partial charge in [-0.3, -0.25) is 10.1 Å². The normalized spacial score (nSPS) is 11.7. The number of nitrogens with zero attached hydrogens (tertiary/aromatic N) is 2. The van der Waals surface area contributed by atoms with Crippen molar-refractivity contribution in [1.82, 2.24) is 10.1 Å². The van der Waals surface area contributed by atoms with Crippen LogP contribution < -0.4 is 16.0 Å². The standard InChI is InChI=1S/C26H24F3N5O3S/c1-25(2,3)20-13-21(34-37-20)33-24(36)31-18-9-7-17(8-10-18)30-23(35)19-14-38-22(32-19)12-15-5-4-6-16(11-15)26(27,28)29/h4-11,13-14H,12H2,1-3H3,(H,30,35)(H2,31,33,34,36). The van der Waals surface area contributed by atoms with E-state index < -0.39 is 23.7 Å². The molecule has 0 atom stereocenters. The molecule has 198 valence electrons. The second-order valence-corrected chi connectivity index (χ2v) is 10.4. The fourth-order valence-electron chi connectivity index (χ4n) is 3.33. The van der Waals surface area contributed by atoms with Crippen LogP contribution in [0.25, 0.3) is 0 Å². The largest absolute Gasteiger partial charge is 0.416 e. The number of hydrogen-bond acceptors (Lipinski definition) is 6. The molecule has 0 fully saturated rings. The van der Waals surface area contributed by atoms with E-state index in [9.17, 15) is 22.8 Å². The number of nitrogens with one attached hydrogen (secondary N) is 3. The maximum atomic E-state index is 12.9. The van der Waals surface area contributed by atoms with Gasteiger partial charge in [-0.25, -0.2) is 9.78 Å². The number of hydrogen-bond donors (Lipinski definition) is 3. The lowest BCUT2D eigenvalue weighted by molar-refractivity contribution is -0.137. The summed E-state index contributed by atoms with van der Waals surface area (Å²) in [5.41, 5.74) is 0.587. The number of anilines is 3. The molecule has 8 nitrogen and oxygen atoms in total. The molecule has 0 spiro atoms. The number of amides is 3. The van der Waals surface area contributed by atoms with Crippen LogP contribution in [0.2, 0.25) is 0 Å². The van der Waals surface area contributed by atoms with Gasteiger partial charge in [0.25, 0.3) is 5.91 Å². The topological polar surface area (TPSA) is 109 Å². The molecular formula is C26H24F3N5O3S. The minimum atomic E-state index is -4.42. The first-order valence-corrected chi connectivity index (χ1v) is 12.3. The Balaban J connectivity index is 1.31. The van der Waals surface area contributed by atoms with Crippen LogP contribution >= 0.6 is 11.3 Å². The number of carbonyl (C=O) groups is 2. The number of thiazole rings is 1. The van der Waals surface area contributed by atoms with Crippen molar-refractivity contribution in [2.75, 3.05) is 16.0 Å². The highest BCUT2D eigenvalue weighted by atomic mass is 32.1. The first-order valence-electron chi connectivity index (χ1n) is 11.4. The Morgan fingerprint density at radius 2 is 1.63 bits per heavy atom. The zero-order chi connectivity index (χ0) is 27.5. The van der Waals surface area contributed by atoms with Crippen molar-refractivity contribution in [3.05, 3.63) is 87.6 Å². The van der Waals surface area contributed by atoms with Gasteiger partial charge in [-0.05, 0) is 35.9 Å². The van der Waals surface area contributed by atoms with Crippen molar-refractivity contribution in [2.45, 2.75) is 38.8 Å². The lowest BCUT2D eigenvalue weighted by atomic mass is 9.93. The summed E-state index contributed by atoms with van der Waals surface area (Å²) in [6, 6.07) is 12.6. The van der Waals surface area contributed by atoms with Crippen molar-refractivity contribution in [1.29, 1.82) is 0 Å². The molecule has 2 aromatic heterocycles. The second kappa shape index (κ2) is 10.7. The van der Waals surface area contributed by atoms with Gasteiger partial charge in [-0.1, -0.05) is 44.1 Å². The van der Waals surface area contributed by atoms with Crippen LogP contribution in [0, 0.1) is 0 Å². The highest BCUT2D eigenvalue weighted by Crippen LogP contribution is 2.30. The maximum absolute atomic E-state index is 12.9. The molecule has 12 heteroatoms. The summed E-state index contributed by atoms with van der Waals surface area (Å²) in [4.78, 5) is 29.1. The quantitative estimate of drug-likeness (QED) is 0.244. The van der Waals surface area contributed by atoms with E-state index in [-0.39, 0.29) is 23.3 Å². The third-order valence-electron chi connectivity index (χ3n) is 5.29. The fraction of sp³-hybridized carbons (Fsp3) is 0.231. The molecule has 2 heterocycles. The van der Waals surface area contributed by atoms with Crippen LogP contribution in [-0.4, -0.2) is 22.1 Å². The van der Waals surface area contributed by atoms with Crippen molar-refractivity contribution in [2.24, 2.45) is 0 Å². The van der Waals surface area contributed by atoms with Crippen LogP contribution in [0.1, 0.15) is 53.2 Å². The van der Waals surface area contributed by atoms with Gasteiger partial charge in [0, 0.05) is 34.7 Å². The van der Waals surface area contributed by atoms with Crippen LogP contribution in [0.4, 0.5) is 35.2 Å². The average Bonchev–Trinajstić information content (AvgIpc) is 3.50. The third-order valence-corrected chi connectivity index (χ3v) is 6.13. The first kappa shape index (κ1) is 26.9. The maximum Gasteiger partial charge on any atom is 0.416 e. The van der Waals surface area contributed by atoms with Gasteiger partial charge in [0.15, 0.2) is 5.82 Å². The van der Waals surface area contributed by atoms with Crippen molar-refractivity contribution in [3.63, 3.8) is 0 Å². The summed E-state index contributed by atoms with van der Waals surface area (Å²) >= 11 is 1.19. The number of aromatic nitrogens is 2. The molecule has 0 radical (unpaired) electrons. The van der Waals surface area contributed by atoms with Gasteiger partial charge in [-0.2, -0.15) is 13.2 Å². The summed E-state index contributed by atoms with van der Waals surface area (Å²) in [5.74, 6) is 0.457. The molecule has 2 aromatic carbocycles. The van der Waals surface area contributed by atoms with Gasteiger partial charge in [-0.15, -0.1) is 11.3 Å². The van der Waals surface area contributed by atoms with E-state index in [0.29, 0.717) is 27.7 Å². The fourth-order valence-corrected chi connectivity index (χ4v) is 4.14. The third kappa shape index (κ3) is 6.97. The summed E-state index contributed by atoms with van der Waals surface area (Å²) in [6.45, 7) is 5.89. The van der Waals surface area contributed by atoms with Crippen LogP contribution in [-0.2, 0) is 18.0 Å². The van der Waals surface area contributed by atoms with Gasteiger partial charge < -0.3 is 15.2 Å². The van der Waals surface area contributed by atoms with Gasteiger partial charge in [0.05, 0.1) is 10.6 Å². The number of carbonyl (C=O) groups excluding carboxylic acids is 2. The molecule has 0 aliphatic rings.